The van der Waals surface area contributed by atoms with Gasteiger partial charge in [0, 0.05) is 31.5 Å². The lowest BCUT2D eigenvalue weighted by Gasteiger charge is -2.09. The highest BCUT2D eigenvalue weighted by atomic mass is 15.1. The molecule has 0 aliphatic carbocycles. The van der Waals surface area contributed by atoms with Crippen LogP contribution in [0.15, 0.2) is 36.9 Å². The summed E-state index contributed by atoms with van der Waals surface area (Å²) >= 11 is 0. The molecule has 0 bridgehead atoms. The van der Waals surface area contributed by atoms with Gasteiger partial charge in [0.05, 0.1) is 0 Å². The Balaban J connectivity index is 1.86. The van der Waals surface area contributed by atoms with Crippen molar-refractivity contribution in [3.8, 4) is 0 Å². The molecule has 0 saturated carbocycles. The quantitative estimate of drug-likeness (QED) is 0.810. The number of hydrogen-bond acceptors (Lipinski definition) is 5. The first-order chi connectivity index (χ1) is 9.74. The molecule has 0 aromatic carbocycles. The molecule has 2 heterocycles. The molecule has 0 unspecified atom stereocenters. The minimum Gasteiger partial charge on any atom is -0.370 e. The van der Waals surface area contributed by atoms with Crippen molar-refractivity contribution in [2.45, 2.75) is 26.8 Å². The third kappa shape index (κ3) is 4.84. The average molecular weight is 271 g/mol. The Morgan fingerprint density at radius 2 is 1.95 bits per heavy atom. The van der Waals surface area contributed by atoms with Crippen LogP contribution in [0.5, 0.6) is 0 Å². The van der Waals surface area contributed by atoms with Crippen LogP contribution in [-0.4, -0.2) is 21.5 Å². The zero-order valence-corrected chi connectivity index (χ0v) is 12.0. The van der Waals surface area contributed by atoms with Gasteiger partial charge in [0.15, 0.2) is 0 Å². The van der Waals surface area contributed by atoms with Crippen LogP contribution < -0.4 is 10.6 Å². The Morgan fingerprint density at radius 3 is 2.65 bits per heavy atom. The van der Waals surface area contributed by atoms with E-state index in [1.807, 2.05) is 24.4 Å². The molecular formula is C15H21N5. The van der Waals surface area contributed by atoms with Crippen LogP contribution in [-0.2, 0) is 6.54 Å². The predicted octanol–water partition coefficient (Wildman–Crippen LogP) is 2.94. The van der Waals surface area contributed by atoms with Gasteiger partial charge < -0.3 is 10.6 Å². The maximum absolute atomic E-state index is 4.22. The summed E-state index contributed by atoms with van der Waals surface area (Å²) in [5.41, 5.74) is 1.13. The predicted molar refractivity (Wildman–Crippen MR) is 81.5 cm³/mol. The van der Waals surface area contributed by atoms with Crippen LogP contribution in [0.1, 0.15) is 25.8 Å². The Hall–Kier alpha value is -2.17. The van der Waals surface area contributed by atoms with Gasteiger partial charge in [0.25, 0.3) is 0 Å². The van der Waals surface area contributed by atoms with Gasteiger partial charge >= 0.3 is 0 Å². The lowest BCUT2D eigenvalue weighted by molar-refractivity contribution is 0.606. The van der Waals surface area contributed by atoms with Crippen LogP contribution in [0.4, 0.5) is 11.6 Å². The smallest absolute Gasteiger partial charge is 0.131 e. The summed E-state index contributed by atoms with van der Waals surface area (Å²) in [4.78, 5) is 12.5. The van der Waals surface area contributed by atoms with Crippen LogP contribution in [0.25, 0.3) is 0 Å². The van der Waals surface area contributed by atoms with Crippen LogP contribution in [0.3, 0.4) is 0 Å². The molecule has 2 aromatic rings. The second kappa shape index (κ2) is 7.43. The Kier molecular flexibility index (Phi) is 5.29. The van der Waals surface area contributed by atoms with Crippen molar-refractivity contribution in [3.05, 3.63) is 42.5 Å². The van der Waals surface area contributed by atoms with Crippen molar-refractivity contribution in [2.75, 3.05) is 17.2 Å². The molecule has 0 aliphatic rings. The number of hydrogen-bond donors (Lipinski definition) is 2. The highest BCUT2D eigenvalue weighted by Crippen LogP contribution is 2.10. The molecule has 0 aliphatic heterocycles. The standard InChI is InChI=1S/C15H21N5/c1-12(2)5-7-17-14-8-15(20-11-19-14)18-10-13-4-3-6-16-9-13/h3-4,6,8-9,11-12H,5,7,10H2,1-2H3,(H2,17,18,19,20). The lowest BCUT2D eigenvalue weighted by Crippen LogP contribution is -2.08. The topological polar surface area (TPSA) is 62.7 Å². The van der Waals surface area contributed by atoms with Gasteiger partial charge in [-0.25, -0.2) is 9.97 Å². The zero-order chi connectivity index (χ0) is 14.2. The van der Waals surface area contributed by atoms with Gasteiger partial charge in [-0.05, 0) is 24.0 Å². The Morgan fingerprint density at radius 1 is 1.15 bits per heavy atom. The molecular weight excluding hydrogens is 250 g/mol. The van der Waals surface area contributed by atoms with Gasteiger partial charge in [-0.2, -0.15) is 0 Å². The molecule has 106 valence electrons. The second-order valence-electron chi connectivity index (χ2n) is 5.11. The SMILES string of the molecule is CC(C)CCNc1cc(NCc2cccnc2)ncn1. The Labute approximate surface area is 119 Å². The summed E-state index contributed by atoms with van der Waals surface area (Å²) in [5, 5.41) is 6.58. The third-order valence-electron chi connectivity index (χ3n) is 2.89. The molecule has 0 spiro atoms. The average Bonchev–Trinajstić information content (AvgIpc) is 2.46. The minimum atomic E-state index is 0.688. The molecule has 2 N–H and O–H groups in total. The third-order valence-corrected chi connectivity index (χ3v) is 2.89. The Bertz CT molecular complexity index is 513. The highest BCUT2D eigenvalue weighted by molar-refractivity contribution is 5.46. The van der Waals surface area contributed by atoms with Gasteiger partial charge in [0.1, 0.15) is 18.0 Å². The van der Waals surface area contributed by atoms with Crippen molar-refractivity contribution >= 4 is 11.6 Å². The number of pyridine rings is 1. The molecule has 0 saturated heterocycles. The van der Waals surface area contributed by atoms with Crippen LogP contribution in [0, 0.1) is 5.92 Å². The lowest BCUT2D eigenvalue weighted by atomic mass is 10.1. The number of rotatable bonds is 7. The van der Waals surface area contributed by atoms with Crippen molar-refractivity contribution in [3.63, 3.8) is 0 Å². The van der Waals surface area contributed by atoms with E-state index in [9.17, 15) is 0 Å². The summed E-state index contributed by atoms with van der Waals surface area (Å²) in [5.74, 6) is 2.36. The van der Waals surface area contributed by atoms with Crippen molar-refractivity contribution < 1.29 is 0 Å². The molecule has 2 aromatic heterocycles. The molecule has 0 atom stereocenters. The maximum atomic E-state index is 4.22. The summed E-state index contributed by atoms with van der Waals surface area (Å²) in [6.07, 6.45) is 6.31. The van der Waals surface area contributed by atoms with E-state index in [0.717, 1.165) is 30.2 Å². The monoisotopic (exact) mass is 271 g/mol. The normalized spacial score (nSPS) is 10.6. The number of aromatic nitrogens is 3. The summed E-state index contributed by atoms with van der Waals surface area (Å²) in [6.45, 7) is 6.05. The number of nitrogens with one attached hydrogen (secondary N) is 2. The molecule has 5 nitrogen and oxygen atoms in total. The van der Waals surface area contributed by atoms with E-state index in [1.54, 1.807) is 12.5 Å². The van der Waals surface area contributed by atoms with E-state index >= 15 is 0 Å². The molecule has 5 heteroatoms. The first kappa shape index (κ1) is 14.2. The second-order valence-corrected chi connectivity index (χ2v) is 5.11. The summed E-state index contributed by atoms with van der Waals surface area (Å²) < 4.78 is 0. The summed E-state index contributed by atoms with van der Waals surface area (Å²) in [7, 11) is 0. The first-order valence-electron chi connectivity index (χ1n) is 6.92. The minimum absolute atomic E-state index is 0.688. The van der Waals surface area contributed by atoms with Crippen molar-refractivity contribution in [2.24, 2.45) is 5.92 Å². The molecule has 2 rings (SSSR count). The fourth-order valence-corrected chi connectivity index (χ4v) is 1.73. The zero-order valence-electron chi connectivity index (χ0n) is 12.0. The molecule has 0 radical (unpaired) electrons. The largest absolute Gasteiger partial charge is 0.370 e. The highest BCUT2D eigenvalue weighted by Gasteiger charge is 2.00. The fourth-order valence-electron chi connectivity index (χ4n) is 1.73. The number of nitrogens with zero attached hydrogens (tertiary/aromatic N) is 3. The van der Waals surface area contributed by atoms with E-state index in [0.29, 0.717) is 12.5 Å². The van der Waals surface area contributed by atoms with E-state index in [-0.39, 0.29) is 0 Å². The van der Waals surface area contributed by atoms with E-state index < -0.39 is 0 Å². The molecule has 0 fully saturated rings. The maximum Gasteiger partial charge on any atom is 0.131 e. The summed E-state index contributed by atoms with van der Waals surface area (Å²) in [6, 6.07) is 5.88. The van der Waals surface area contributed by atoms with Crippen LogP contribution >= 0.6 is 0 Å². The van der Waals surface area contributed by atoms with Crippen LogP contribution in [0.2, 0.25) is 0 Å². The van der Waals surface area contributed by atoms with Gasteiger partial charge in [-0.15, -0.1) is 0 Å². The van der Waals surface area contributed by atoms with Gasteiger partial charge in [0.2, 0.25) is 0 Å². The molecule has 20 heavy (non-hydrogen) atoms. The molecule has 0 amide bonds. The van der Waals surface area contributed by atoms with Gasteiger partial charge in [-0.3, -0.25) is 4.98 Å². The van der Waals surface area contributed by atoms with Crippen molar-refractivity contribution in [1.29, 1.82) is 0 Å². The number of anilines is 2. The fraction of sp³-hybridized carbons (Fsp3) is 0.400. The van der Waals surface area contributed by atoms with E-state index in [1.165, 1.54) is 0 Å². The van der Waals surface area contributed by atoms with E-state index in [4.69, 9.17) is 0 Å². The van der Waals surface area contributed by atoms with Gasteiger partial charge in [-0.1, -0.05) is 19.9 Å². The van der Waals surface area contributed by atoms with Crippen molar-refractivity contribution in [1.82, 2.24) is 15.0 Å². The van der Waals surface area contributed by atoms with E-state index in [2.05, 4.69) is 39.4 Å². The first-order valence-corrected chi connectivity index (χ1v) is 6.92.